The highest BCUT2D eigenvalue weighted by molar-refractivity contribution is 14.0. The van der Waals surface area contributed by atoms with Crippen molar-refractivity contribution in [3.8, 4) is 5.69 Å². The lowest BCUT2D eigenvalue weighted by Crippen LogP contribution is -2.14. The molecule has 0 unspecified atom stereocenters. The first-order valence-corrected chi connectivity index (χ1v) is 5.06. The van der Waals surface area contributed by atoms with Gasteiger partial charge in [0.25, 0.3) is 0 Å². The predicted octanol–water partition coefficient (Wildman–Crippen LogP) is 2.47. The van der Waals surface area contributed by atoms with Crippen LogP contribution in [0, 0.1) is 5.82 Å². The number of hydrogen-bond acceptors (Lipinski definition) is 2. The van der Waals surface area contributed by atoms with Gasteiger partial charge in [-0.05, 0) is 30.3 Å². The normalized spacial score (nSPS) is 10.3. The molecule has 1 aromatic carbocycles. The number of nitrogens with zero attached hydrogens (tertiary/aromatic N) is 2. The molecular formula is C12H9FIN3O. The number of benzene rings is 1. The van der Waals surface area contributed by atoms with Crippen molar-refractivity contribution in [2.24, 2.45) is 0 Å². The van der Waals surface area contributed by atoms with Crippen LogP contribution in [0.3, 0.4) is 0 Å². The molecule has 18 heavy (non-hydrogen) atoms. The third-order valence-corrected chi connectivity index (χ3v) is 2.57. The molecule has 1 N–H and O–H groups in total. The summed E-state index contributed by atoms with van der Waals surface area (Å²) in [6.45, 7) is 0. The van der Waals surface area contributed by atoms with Crippen molar-refractivity contribution >= 4 is 35.0 Å². The van der Waals surface area contributed by atoms with Crippen LogP contribution in [-0.4, -0.2) is 14.5 Å². The number of imidazole rings is 1. The van der Waals surface area contributed by atoms with Crippen LogP contribution in [-0.2, 0) is 0 Å². The quantitative estimate of drug-likeness (QED) is 0.681. The summed E-state index contributed by atoms with van der Waals surface area (Å²) in [5, 5.41) is 0. The first-order chi connectivity index (χ1) is 8.25. The van der Waals surface area contributed by atoms with Gasteiger partial charge in [0.2, 0.25) is 0 Å². The van der Waals surface area contributed by atoms with Gasteiger partial charge in [-0.25, -0.2) is 9.18 Å². The van der Waals surface area contributed by atoms with Crippen LogP contribution in [0.25, 0.3) is 16.7 Å². The highest BCUT2D eigenvalue weighted by Gasteiger charge is 2.07. The van der Waals surface area contributed by atoms with Crippen molar-refractivity contribution < 1.29 is 4.39 Å². The number of fused-ring (bicyclic) bond motifs is 1. The molecule has 0 spiro atoms. The lowest BCUT2D eigenvalue weighted by molar-refractivity contribution is 0.627. The van der Waals surface area contributed by atoms with E-state index in [9.17, 15) is 9.18 Å². The molecule has 92 valence electrons. The van der Waals surface area contributed by atoms with Crippen molar-refractivity contribution in [2.45, 2.75) is 0 Å². The molecule has 0 saturated heterocycles. The topological polar surface area (TPSA) is 50.7 Å². The van der Waals surface area contributed by atoms with E-state index in [1.807, 2.05) is 0 Å². The van der Waals surface area contributed by atoms with E-state index in [-0.39, 0.29) is 35.5 Å². The number of aromatic nitrogens is 3. The Hall–Kier alpha value is -1.70. The van der Waals surface area contributed by atoms with Crippen LogP contribution in [0.15, 0.2) is 47.5 Å². The van der Waals surface area contributed by atoms with Gasteiger partial charge < -0.3 is 4.98 Å². The third-order valence-electron chi connectivity index (χ3n) is 2.57. The maximum Gasteiger partial charge on any atom is 0.331 e. The Balaban J connectivity index is 0.00000120. The van der Waals surface area contributed by atoms with E-state index in [4.69, 9.17) is 0 Å². The molecule has 0 bridgehead atoms. The molecule has 4 nitrogen and oxygen atoms in total. The fraction of sp³-hybridized carbons (Fsp3) is 0. The van der Waals surface area contributed by atoms with E-state index < -0.39 is 0 Å². The van der Waals surface area contributed by atoms with Gasteiger partial charge in [0.05, 0.1) is 22.9 Å². The summed E-state index contributed by atoms with van der Waals surface area (Å²) < 4.78 is 14.3. The number of pyridine rings is 1. The summed E-state index contributed by atoms with van der Waals surface area (Å²) in [6, 6.07) is 7.50. The second kappa shape index (κ2) is 4.89. The standard InChI is InChI=1S/C12H8FN3O.HI/c13-8-1-3-9(4-2-8)16-11-5-6-14-7-10(11)15-12(16)17;/h1-7H,(H,15,17);1H. The molecule has 0 aliphatic heterocycles. The van der Waals surface area contributed by atoms with Gasteiger partial charge in [-0.15, -0.1) is 24.0 Å². The van der Waals surface area contributed by atoms with Gasteiger partial charge in [0, 0.05) is 6.20 Å². The Morgan fingerprint density at radius 1 is 1.17 bits per heavy atom. The first-order valence-electron chi connectivity index (χ1n) is 5.06. The first kappa shape index (κ1) is 12.7. The SMILES string of the molecule is I.O=c1[nH]c2cnccc2n1-c1ccc(F)cc1. The maximum absolute atomic E-state index is 12.8. The zero-order valence-corrected chi connectivity index (χ0v) is 11.5. The Kier molecular flexibility index (Phi) is 3.46. The summed E-state index contributed by atoms with van der Waals surface area (Å²) in [5.41, 5.74) is 1.73. The Labute approximate surface area is 118 Å². The number of H-pyrrole nitrogens is 1. The summed E-state index contributed by atoms with van der Waals surface area (Å²) in [4.78, 5) is 18.4. The van der Waals surface area contributed by atoms with Crippen molar-refractivity contribution in [1.29, 1.82) is 0 Å². The number of rotatable bonds is 1. The van der Waals surface area contributed by atoms with E-state index >= 15 is 0 Å². The molecule has 3 rings (SSSR count). The Morgan fingerprint density at radius 2 is 1.89 bits per heavy atom. The van der Waals surface area contributed by atoms with Crippen molar-refractivity contribution in [3.05, 3.63) is 59.0 Å². The smallest absolute Gasteiger partial charge is 0.304 e. The summed E-state index contributed by atoms with van der Waals surface area (Å²) >= 11 is 0. The zero-order valence-electron chi connectivity index (χ0n) is 9.13. The third kappa shape index (κ3) is 2.03. The largest absolute Gasteiger partial charge is 0.331 e. The minimum atomic E-state index is -0.330. The van der Waals surface area contributed by atoms with Crippen LogP contribution in [0.5, 0.6) is 0 Å². The predicted molar refractivity (Wildman–Crippen MR) is 77.1 cm³/mol. The van der Waals surface area contributed by atoms with Gasteiger partial charge in [0.15, 0.2) is 0 Å². The van der Waals surface area contributed by atoms with Crippen LogP contribution in [0.2, 0.25) is 0 Å². The van der Waals surface area contributed by atoms with Gasteiger partial charge >= 0.3 is 5.69 Å². The molecule has 3 aromatic rings. The summed E-state index contributed by atoms with van der Waals surface area (Å²) in [7, 11) is 0. The molecule has 0 aliphatic carbocycles. The van der Waals surface area contributed by atoms with Crippen molar-refractivity contribution in [3.63, 3.8) is 0 Å². The fourth-order valence-electron chi connectivity index (χ4n) is 1.81. The number of aromatic amines is 1. The number of halogens is 2. The Bertz CT molecular complexity index is 733. The molecular weight excluding hydrogens is 348 g/mol. The number of nitrogens with one attached hydrogen (secondary N) is 1. The second-order valence-electron chi connectivity index (χ2n) is 3.63. The summed E-state index contributed by atoms with van der Waals surface area (Å²) in [6.07, 6.45) is 3.19. The lowest BCUT2D eigenvalue weighted by Gasteiger charge is -2.02. The minimum absolute atomic E-state index is 0. The van der Waals surface area contributed by atoms with Crippen LogP contribution >= 0.6 is 24.0 Å². The van der Waals surface area contributed by atoms with Crippen LogP contribution in [0.4, 0.5) is 4.39 Å². The Morgan fingerprint density at radius 3 is 2.61 bits per heavy atom. The van der Waals surface area contributed by atoms with Crippen molar-refractivity contribution in [1.82, 2.24) is 14.5 Å². The van der Waals surface area contributed by atoms with E-state index in [1.165, 1.54) is 16.7 Å². The van der Waals surface area contributed by atoms with Crippen LogP contribution in [0.1, 0.15) is 0 Å². The molecule has 6 heteroatoms. The van der Waals surface area contributed by atoms with Gasteiger partial charge in [-0.3, -0.25) is 9.55 Å². The summed E-state index contributed by atoms with van der Waals surface area (Å²) in [5.74, 6) is -0.330. The minimum Gasteiger partial charge on any atom is -0.304 e. The molecule has 0 atom stereocenters. The average molecular weight is 357 g/mol. The lowest BCUT2D eigenvalue weighted by atomic mass is 10.3. The molecule has 0 amide bonds. The molecule has 0 aliphatic rings. The van der Waals surface area contributed by atoms with Crippen molar-refractivity contribution in [2.75, 3.05) is 0 Å². The molecule has 0 radical (unpaired) electrons. The monoisotopic (exact) mass is 357 g/mol. The van der Waals surface area contributed by atoms with E-state index in [1.54, 1.807) is 30.6 Å². The highest BCUT2D eigenvalue weighted by atomic mass is 127. The zero-order chi connectivity index (χ0) is 11.8. The molecule has 2 aromatic heterocycles. The molecule has 2 heterocycles. The number of hydrogen-bond donors (Lipinski definition) is 1. The van der Waals surface area contributed by atoms with Gasteiger partial charge in [-0.1, -0.05) is 0 Å². The van der Waals surface area contributed by atoms with E-state index in [0.29, 0.717) is 11.2 Å². The second-order valence-corrected chi connectivity index (χ2v) is 3.63. The van der Waals surface area contributed by atoms with E-state index in [0.717, 1.165) is 5.52 Å². The highest BCUT2D eigenvalue weighted by Crippen LogP contribution is 2.14. The molecule has 0 fully saturated rings. The fourth-order valence-corrected chi connectivity index (χ4v) is 1.81. The van der Waals surface area contributed by atoms with Gasteiger partial charge in [-0.2, -0.15) is 0 Å². The van der Waals surface area contributed by atoms with Gasteiger partial charge in [0.1, 0.15) is 5.82 Å². The maximum atomic E-state index is 12.8. The molecule has 0 saturated carbocycles. The van der Waals surface area contributed by atoms with E-state index in [2.05, 4.69) is 9.97 Å². The van der Waals surface area contributed by atoms with Crippen LogP contribution < -0.4 is 5.69 Å². The average Bonchev–Trinajstić information content (AvgIpc) is 2.66.